The zero-order chi connectivity index (χ0) is 20.2. The van der Waals surface area contributed by atoms with E-state index in [0.29, 0.717) is 23.2 Å². The monoisotopic (exact) mass is 393 g/mol. The average Bonchev–Trinajstić information content (AvgIpc) is 2.99. The lowest BCUT2D eigenvalue weighted by Crippen LogP contribution is -2.69. The van der Waals surface area contributed by atoms with Crippen LogP contribution in [0.25, 0.3) is 0 Å². The molecule has 7 heteroatoms. The van der Waals surface area contributed by atoms with Crippen LogP contribution in [-0.4, -0.2) is 37.7 Å². The molecule has 2 atom stereocenters. The van der Waals surface area contributed by atoms with Crippen LogP contribution in [0.2, 0.25) is 0 Å². The number of carbonyl (C=O) groups is 2. The molecule has 152 valence electrons. The van der Waals surface area contributed by atoms with E-state index in [9.17, 15) is 9.59 Å². The third kappa shape index (κ3) is 3.22. The normalized spacial score (nSPS) is 32.2. The average molecular weight is 393 g/mol. The highest BCUT2D eigenvalue weighted by atomic mass is 16.2. The summed E-state index contributed by atoms with van der Waals surface area (Å²) in [5, 5.41) is 11.0. The highest BCUT2D eigenvalue weighted by molar-refractivity contribution is 5.93. The van der Waals surface area contributed by atoms with Crippen molar-refractivity contribution >= 4 is 11.8 Å². The van der Waals surface area contributed by atoms with Gasteiger partial charge in [0.15, 0.2) is 0 Å². The van der Waals surface area contributed by atoms with Gasteiger partial charge in [0.1, 0.15) is 11.4 Å². The molecule has 4 aliphatic carbocycles. The number of aryl methyl sites for hydroxylation is 2. The van der Waals surface area contributed by atoms with Crippen molar-refractivity contribution in [2.45, 2.75) is 56.5 Å². The molecule has 4 aliphatic rings. The number of amides is 2. The van der Waals surface area contributed by atoms with Gasteiger partial charge in [-0.2, -0.15) is 5.10 Å². The van der Waals surface area contributed by atoms with Crippen molar-refractivity contribution in [1.82, 2.24) is 25.4 Å². The maximum Gasteiger partial charge on any atom is 0.272 e. The molecule has 4 bridgehead atoms. The van der Waals surface area contributed by atoms with Crippen LogP contribution in [0.15, 0.2) is 30.5 Å². The van der Waals surface area contributed by atoms with Gasteiger partial charge in [-0.25, -0.2) is 0 Å². The first-order valence-corrected chi connectivity index (χ1v) is 10.4. The molecule has 0 saturated heterocycles. The van der Waals surface area contributed by atoms with E-state index in [1.165, 1.54) is 6.42 Å². The van der Waals surface area contributed by atoms with Crippen molar-refractivity contribution in [2.75, 3.05) is 0 Å². The Morgan fingerprint density at radius 1 is 1.03 bits per heavy atom. The third-order valence-corrected chi connectivity index (χ3v) is 7.06. The molecule has 2 heterocycles. The number of nitrogens with one attached hydrogen (secondary N) is 2. The smallest absolute Gasteiger partial charge is 0.272 e. The van der Waals surface area contributed by atoms with Gasteiger partial charge in [-0.15, -0.1) is 0 Å². The Balaban J connectivity index is 1.38. The van der Waals surface area contributed by atoms with Gasteiger partial charge >= 0.3 is 0 Å². The molecule has 29 heavy (non-hydrogen) atoms. The van der Waals surface area contributed by atoms with Gasteiger partial charge in [-0.3, -0.25) is 19.3 Å². The quantitative estimate of drug-likeness (QED) is 0.835. The zero-order valence-corrected chi connectivity index (χ0v) is 16.9. The second-order valence-corrected chi connectivity index (χ2v) is 9.44. The molecule has 6 rings (SSSR count). The molecule has 0 spiro atoms. The summed E-state index contributed by atoms with van der Waals surface area (Å²) in [6, 6.07) is 7.22. The van der Waals surface area contributed by atoms with Gasteiger partial charge in [-0.05, 0) is 75.5 Å². The number of hydrogen-bond donors (Lipinski definition) is 2. The zero-order valence-electron chi connectivity index (χ0n) is 16.9. The standard InChI is InChI=1S/C22H27N5O2/c1-14-7-18(26-27(14)2)20(29)25-22-11-15-8-16(12-22)10-21(9-15,13-22)24-19(28)17-5-3-4-6-23-17/h3-7,15-16H,8-13H2,1-2H3,(H,24,28)(H,25,29). The van der Waals surface area contributed by atoms with Crippen LogP contribution in [-0.2, 0) is 7.05 Å². The van der Waals surface area contributed by atoms with E-state index < -0.39 is 0 Å². The molecule has 0 aromatic carbocycles. The molecule has 2 aromatic rings. The summed E-state index contributed by atoms with van der Waals surface area (Å²) < 4.78 is 1.73. The molecule has 7 nitrogen and oxygen atoms in total. The van der Waals surface area contributed by atoms with Crippen molar-refractivity contribution in [3.8, 4) is 0 Å². The highest BCUT2D eigenvalue weighted by Gasteiger charge is 2.58. The van der Waals surface area contributed by atoms with Gasteiger partial charge in [0.25, 0.3) is 11.8 Å². The predicted octanol–water partition coefficient (Wildman–Crippen LogP) is 2.37. The van der Waals surface area contributed by atoms with Crippen molar-refractivity contribution < 1.29 is 9.59 Å². The van der Waals surface area contributed by atoms with Gasteiger partial charge in [-0.1, -0.05) is 6.07 Å². The first kappa shape index (κ1) is 18.3. The summed E-state index contributed by atoms with van der Waals surface area (Å²) in [7, 11) is 1.85. The Hall–Kier alpha value is -2.70. The van der Waals surface area contributed by atoms with Crippen LogP contribution in [0, 0.1) is 18.8 Å². The van der Waals surface area contributed by atoms with Gasteiger partial charge < -0.3 is 10.6 Å². The summed E-state index contributed by atoms with van der Waals surface area (Å²) in [4.78, 5) is 30.0. The fourth-order valence-corrected chi connectivity index (χ4v) is 6.33. The Kier molecular flexibility index (Phi) is 4.05. The fraction of sp³-hybridized carbons (Fsp3) is 0.545. The molecular weight excluding hydrogens is 366 g/mol. The van der Waals surface area contributed by atoms with Crippen LogP contribution in [0.4, 0.5) is 0 Å². The fourth-order valence-electron chi connectivity index (χ4n) is 6.33. The lowest BCUT2D eigenvalue weighted by atomic mass is 9.49. The first-order chi connectivity index (χ1) is 13.9. The van der Waals surface area contributed by atoms with Gasteiger partial charge in [0, 0.05) is 30.0 Å². The molecule has 4 saturated carbocycles. The SMILES string of the molecule is Cc1cc(C(=O)NC23CC4CC(CC(NC(=O)c5ccccn5)(C4)C2)C3)nn1C. The molecular formula is C22H27N5O2. The largest absolute Gasteiger partial charge is 0.345 e. The van der Waals surface area contributed by atoms with Crippen LogP contribution < -0.4 is 10.6 Å². The Bertz CT molecular complexity index is 933. The third-order valence-electron chi connectivity index (χ3n) is 7.06. The molecule has 2 aromatic heterocycles. The van der Waals surface area contributed by atoms with E-state index in [1.807, 2.05) is 32.2 Å². The maximum atomic E-state index is 13.0. The minimum Gasteiger partial charge on any atom is -0.345 e. The minimum absolute atomic E-state index is 0.109. The Morgan fingerprint density at radius 3 is 2.17 bits per heavy atom. The second kappa shape index (κ2) is 6.40. The van der Waals surface area contributed by atoms with E-state index in [2.05, 4.69) is 20.7 Å². The number of hydrogen-bond acceptors (Lipinski definition) is 4. The highest BCUT2D eigenvalue weighted by Crippen LogP contribution is 2.57. The number of aromatic nitrogens is 3. The molecule has 0 aliphatic heterocycles. The summed E-state index contributed by atoms with van der Waals surface area (Å²) in [5.74, 6) is 0.841. The van der Waals surface area contributed by atoms with Crippen LogP contribution in [0.1, 0.15) is 65.2 Å². The number of pyridine rings is 1. The first-order valence-electron chi connectivity index (χ1n) is 10.4. The van der Waals surface area contributed by atoms with E-state index in [0.717, 1.165) is 37.8 Å². The number of rotatable bonds is 4. The van der Waals surface area contributed by atoms with Crippen LogP contribution in [0.5, 0.6) is 0 Å². The number of nitrogens with zero attached hydrogens (tertiary/aromatic N) is 3. The van der Waals surface area contributed by atoms with E-state index >= 15 is 0 Å². The predicted molar refractivity (Wildman–Crippen MR) is 107 cm³/mol. The number of carbonyl (C=O) groups excluding carboxylic acids is 2. The topological polar surface area (TPSA) is 88.9 Å². The molecule has 4 fully saturated rings. The lowest BCUT2D eigenvalue weighted by Gasteiger charge is -2.62. The van der Waals surface area contributed by atoms with Crippen molar-refractivity contribution in [3.63, 3.8) is 0 Å². The molecule has 2 amide bonds. The van der Waals surface area contributed by atoms with Crippen molar-refractivity contribution in [2.24, 2.45) is 18.9 Å². The molecule has 0 radical (unpaired) electrons. The van der Waals surface area contributed by atoms with E-state index in [1.54, 1.807) is 16.9 Å². The summed E-state index contributed by atoms with van der Waals surface area (Å²) >= 11 is 0. The van der Waals surface area contributed by atoms with Gasteiger partial charge in [0.05, 0.1) is 0 Å². The molecule has 2 unspecified atom stereocenters. The summed E-state index contributed by atoms with van der Waals surface area (Å²) in [6.45, 7) is 1.94. The van der Waals surface area contributed by atoms with Crippen LogP contribution >= 0.6 is 0 Å². The second-order valence-electron chi connectivity index (χ2n) is 9.44. The lowest BCUT2D eigenvalue weighted by molar-refractivity contribution is -0.0449. The maximum absolute atomic E-state index is 13.0. The molecule has 2 N–H and O–H groups in total. The van der Waals surface area contributed by atoms with E-state index in [4.69, 9.17) is 0 Å². The van der Waals surface area contributed by atoms with E-state index in [-0.39, 0.29) is 22.9 Å². The Morgan fingerprint density at radius 2 is 1.66 bits per heavy atom. The van der Waals surface area contributed by atoms with Crippen molar-refractivity contribution in [1.29, 1.82) is 0 Å². The minimum atomic E-state index is -0.260. The summed E-state index contributed by atoms with van der Waals surface area (Å²) in [5.41, 5.74) is 1.35. The van der Waals surface area contributed by atoms with Crippen LogP contribution in [0.3, 0.4) is 0 Å². The summed E-state index contributed by atoms with van der Waals surface area (Å²) in [6.07, 6.45) is 7.57. The van der Waals surface area contributed by atoms with Crippen molar-refractivity contribution in [3.05, 3.63) is 47.5 Å². The Labute approximate surface area is 170 Å². The van der Waals surface area contributed by atoms with Gasteiger partial charge in [0.2, 0.25) is 0 Å².